The molecular weight excluding hydrogens is 370 g/mol. The number of furan rings is 1. The van der Waals surface area contributed by atoms with E-state index < -0.39 is 5.91 Å². The fraction of sp³-hybridized carbons (Fsp3) is 0.136. The third-order valence-electron chi connectivity index (χ3n) is 4.05. The van der Waals surface area contributed by atoms with Gasteiger partial charge in [-0.15, -0.1) is 0 Å². The minimum atomic E-state index is -0.429. The predicted octanol–water partition coefficient (Wildman–Crippen LogP) is 3.30. The van der Waals surface area contributed by atoms with Crippen molar-refractivity contribution in [2.24, 2.45) is 5.10 Å². The number of hydrogen-bond donors (Lipinski definition) is 2. The molecule has 0 saturated heterocycles. The average molecular weight is 391 g/mol. The normalized spacial score (nSPS) is 11.8. The van der Waals surface area contributed by atoms with Gasteiger partial charge in [-0.1, -0.05) is 30.3 Å². The standard InChI is InChI=1S/C22H21N3O4/c1-16(18-6-3-2-4-7-18)24-21(26)15-29-19-11-9-17(10-12-19)14-23-25-22(27)20-8-5-13-28-20/h2-14,16H,15H2,1H3,(H,24,26)(H,25,27)/b23-14+/t16-/m1/s1. The van der Waals surface area contributed by atoms with E-state index >= 15 is 0 Å². The van der Waals surface area contributed by atoms with Gasteiger partial charge in [0.2, 0.25) is 0 Å². The van der Waals surface area contributed by atoms with E-state index in [0.29, 0.717) is 5.75 Å². The van der Waals surface area contributed by atoms with Crippen LogP contribution >= 0.6 is 0 Å². The van der Waals surface area contributed by atoms with Crippen molar-refractivity contribution in [3.63, 3.8) is 0 Å². The van der Waals surface area contributed by atoms with Crippen LogP contribution in [-0.2, 0) is 4.79 Å². The number of hydrogen-bond acceptors (Lipinski definition) is 5. The molecule has 0 radical (unpaired) electrons. The molecule has 7 nitrogen and oxygen atoms in total. The Morgan fingerprint density at radius 2 is 1.83 bits per heavy atom. The molecule has 0 aliphatic heterocycles. The summed E-state index contributed by atoms with van der Waals surface area (Å²) >= 11 is 0. The molecule has 2 N–H and O–H groups in total. The lowest BCUT2D eigenvalue weighted by Gasteiger charge is -2.14. The van der Waals surface area contributed by atoms with Crippen LogP contribution in [0.1, 0.15) is 34.6 Å². The van der Waals surface area contributed by atoms with Crippen molar-refractivity contribution in [3.8, 4) is 5.75 Å². The summed E-state index contributed by atoms with van der Waals surface area (Å²) in [4.78, 5) is 23.8. The zero-order valence-corrected chi connectivity index (χ0v) is 15.9. The van der Waals surface area contributed by atoms with E-state index in [1.54, 1.807) is 36.4 Å². The Morgan fingerprint density at radius 3 is 2.52 bits per heavy atom. The molecule has 0 aliphatic rings. The Balaban J connectivity index is 1.43. The third kappa shape index (κ3) is 6.07. The van der Waals surface area contributed by atoms with Gasteiger partial charge in [-0.3, -0.25) is 9.59 Å². The summed E-state index contributed by atoms with van der Waals surface area (Å²) in [7, 11) is 0. The quantitative estimate of drug-likeness (QED) is 0.455. The van der Waals surface area contributed by atoms with E-state index in [1.165, 1.54) is 12.5 Å². The van der Waals surface area contributed by atoms with Crippen LogP contribution in [0, 0.1) is 0 Å². The average Bonchev–Trinajstić information content (AvgIpc) is 3.29. The first-order valence-electron chi connectivity index (χ1n) is 9.06. The molecule has 1 atom stereocenters. The Bertz CT molecular complexity index is 951. The molecule has 0 unspecified atom stereocenters. The fourth-order valence-corrected chi connectivity index (χ4v) is 2.54. The zero-order chi connectivity index (χ0) is 20.5. The number of rotatable bonds is 8. The van der Waals surface area contributed by atoms with Gasteiger partial charge in [-0.25, -0.2) is 5.43 Å². The van der Waals surface area contributed by atoms with Gasteiger partial charge in [0.05, 0.1) is 18.5 Å². The molecular formula is C22H21N3O4. The number of benzene rings is 2. The van der Waals surface area contributed by atoms with Gasteiger partial charge in [0, 0.05) is 0 Å². The molecule has 2 aromatic carbocycles. The van der Waals surface area contributed by atoms with Crippen LogP contribution < -0.4 is 15.5 Å². The molecule has 1 heterocycles. The maximum absolute atomic E-state index is 12.1. The fourth-order valence-electron chi connectivity index (χ4n) is 2.54. The lowest BCUT2D eigenvalue weighted by atomic mass is 10.1. The highest BCUT2D eigenvalue weighted by Gasteiger charge is 2.10. The summed E-state index contributed by atoms with van der Waals surface area (Å²) in [6.45, 7) is 1.84. The summed E-state index contributed by atoms with van der Waals surface area (Å²) in [6, 6.07) is 19.8. The summed E-state index contributed by atoms with van der Waals surface area (Å²) in [5.74, 6) is 0.115. The van der Waals surface area contributed by atoms with Crippen LogP contribution in [-0.4, -0.2) is 24.6 Å². The van der Waals surface area contributed by atoms with Crippen molar-refractivity contribution in [2.45, 2.75) is 13.0 Å². The van der Waals surface area contributed by atoms with Gasteiger partial charge in [-0.05, 0) is 54.4 Å². The Labute approximate surface area is 168 Å². The molecule has 0 aliphatic carbocycles. The second-order valence-electron chi connectivity index (χ2n) is 6.23. The smallest absolute Gasteiger partial charge is 0.307 e. The van der Waals surface area contributed by atoms with Crippen LogP contribution in [0.4, 0.5) is 0 Å². The van der Waals surface area contributed by atoms with Gasteiger partial charge in [-0.2, -0.15) is 5.10 Å². The Kier molecular flexibility index (Phi) is 6.78. The van der Waals surface area contributed by atoms with E-state index in [4.69, 9.17) is 9.15 Å². The van der Waals surface area contributed by atoms with Crippen LogP contribution in [0.15, 0.2) is 82.5 Å². The predicted molar refractivity (Wildman–Crippen MR) is 109 cm³/mol. The Hall–Kier alpha value is -3.87. The number of amides is 2. The van der Waals surface area contributed by atoms with Gasteiger partial charge in [0.1, 0.15) is 5.75 Å². The highest BCUT2D eigenvalue weighted by Crippen LogP contribution is 2.13. The number of carbonyl (C=O) groups is 2. The minimum absolute atomic E-state index is 0.0795. The lowest BCUT2D eigenvalue weighted by Crippen LogP contribution is -2.31. The Morgan fingerprint density at radius 1 is 1.07 bits per heavy atom. The minimum Gasteiger partial charge on any atom is -0.484 e. The van der Waals surface area contributed by atoms with Crippen LogP contribution in [0.3, 0.4) is 0 Å². The van der Waals surface area contributed by atoms with Crippen molar-refractivity contribution < 1.29 is 18.7 Å². The first-order chi connectivity index (χ1) is 14.1. The van der Waals surface area contributed by atoms with Gasteiger partial charge in [0.25, 0.3) is 5.91 Å². The number of ether oxygens (including phenoxy) is 1. The molecule has 0 spiro atoms. The highest BCUT2D eigenvalue weighted by atomic mass is 16.5. The van der Waals surface area contributed by atoms with Crippen molar-refractivity contribution in [3.05, 3.63) is 89.9 Å². The summed E-state index contributed by atoms with van der Waals surface area (Å²) in [5.41, 5.74) is 4.17. The topological polar surface area (TPSA) is 92.9 Å². The largest absolute Gasteiger partial charge is 0.484 e. The number of nitrogens with zero attached hydrogens (tertiary/aromatic N) is 1. The molecule has 29 heavy (non-hydrogen) atoms. The zero-order valence-electron chi connectivity index (χ0n) is 15.9. The molecule has 148 valence electrons. The molecule has 0 saturated carbocycles. The maximum atomic E-state index is 12.1. The first kappa shape index (κ1) is 19.9. The number of hydrazone groups is 1. The van der Waals surface area contributed by atoms with Crippen molar-refractivity contribution in [2.75, 3.05) is 6.61 Å². The van der Waals surface area contributed by atoms with Crippen LogP contribution in [0.5, 0.6) is 5.75 Å². The van der Waals surface area contributed by atoms with E-state index in [9.17, 15) is 9.59 Å². The molecule has 3 rings (SSSR count). The van der Waals surface area contributed by atoms with Crippen LogP contribution in [0.25, 0.3) is 0 Å². The maximum Gasteiger partial charge on any atom is 0.307 e. The molecule has 7 heteroatoms. The molecule has 1 aromatic heterocycles. The van der Waals surface area contributed by atoms with E-state index in [0.717, 1.165) is 11.1 Å². The summed E-state index contributed by atoms with van der Waals surface area (Å²) in [5, 5.41) is 6.77. The van der Waals surface area contributed by atoms with Gasteiger partial charge in [0.15, 0.2) is 12.4 Å². The van der Waals surface area contributed by atoms with E-state index in [2.05, 4.69) is 15.8 Å². The second kappa shape index (κ2) is 9.89. The van der Waals surface area contributed by atoms with Crippen molar-refractivity contribution in [1.82, 2.24) is 10.7 Å². The van der Waals surface area contributed by atoms with E-state index in [1.807, 2.05) is 37.3 Å². The molecule has 0 bridgehead atoms. The summed E-state index contributed by atoms with van der Waals surface area (Å²) < 4.78 is 10.5. The number of nitrogens with one attached hydrogen (secondary N) is 2. The third-order valence-corrected chi connectivity index (χ3v) is 4.05. The lowest BCUT2D eigenvalue weighted by molar-refractivity contribution is -0.123. The van der Waals surface area contributed by atoms with E-state index in [-0.39, 0.29) is 24.3 Å². The molecule has 3 aromatic rings. The molecule has 2 amide bonds. The SMILES string of the molecule is C[C@@H](NC(=O)COc1ccc(/C=N/NC(=O)c2ccco2)cc1)c1ccccc1. The van der Waals surface area contributed by atoms with Crippen molar-refractivity contribution in [1.29, 1.82) is 0 Å². The van der Waals surface area contributed by atoms with Gasteiger partial charge < -0.3 is 14.5 Å². The monoisotopic (exact) mass is 391 g/mol. The summed E-state index contributed by atoms with van der Waals surface area (Å²) in [6.07, 6.45) is 2.92. The van der Waals surface area contributed by atoms with Crippen LogP contribution in [0.2, 0.25) is 0 Å². The van der Waals surface area contributed by atoms with Crippen molar-refractivity contribution >= 4 is 18.0 Å². The molecule has 0 fully saturated rings. The second-order valence-corrected chi connectivity index (χ2v) is 6.23. The first-order valence-corrected chi connectivity index (χ1v) is 9.06. The highest BCUT2D eigenvalue weighted by molar-refractivity contribution is 5.92. The van der Waals surface area contributed by atoms with Gasteiger partial charge >= 0.3 is 5.91 Å². The number of carbonyl (C=O) groups excluding carboxylic acids is 2.